The van der Waals surface area contributed by atoms with Crippen molar-refractivity contribution in [3.63, 3.8) is 0 Å². The molecule has 0 aliphatic carbocycles. The van der Waals surface area contributed by atoms with Crippen LogP contribution in [-0.4, -0.2) is 15.0 Å². The summed E-state index contributed by atoms with van der Waals surface area (Å²) in [5, 5.41) is 4.93. The third-order valence-corrected chi connectivity index (χ3v) is 6.52. The molecule has 1 N–H and O–H groups in total. The highest BCUT2D eigenvalue weighted by Crippen LogP contribution is 2.41. The number of hydrogen-bond donors (Lipinski definition) is 1. The molecule has 31 heavy (non-hydrogen) atoms. The minimum atomic E-state index is -0.139. The van der Waals surface area contributed by atoms with Crippen LogP contribution < -0.4 is 5.32 Å². The van der Waals surface area contributed by atoms with Crippen molar-refractivity contribution in [2.24, 2.45) is 0 Å². The SMILES string of the molecule is Cc1ccc(Sc2ccc([C@H]3[C@H](c4ccccn4)NC(=S)N3Cc3ccco3)o2)cc1. The molecule has 0 unspecified atom stereocenters. The number of benzene rings is 1. The van der Waals surface area contributed by atoms with Gasteiger partial charge in [-0.2, -0.15) is 0 Å². The number of pyridine rings is 1. The highest BCUT2D eigenvalue weighted by atomic mass is 32.2. The number of nitrogens with zero attached hydrogens (tertiary/aromatic N) is 2. The van der Waals surface area contributed by atoms with Crippen LogP contribution in [0.25, 0.3) is 0 Å². The average Bonchev–Trinajstić information content (AvgIpc) is 3.52. The van der Waals surface area contributed by atoms with E-state index in [1.807, 2.05) is 42.5 Å². The number of furan rings is 2. The van der Waals surface area contributed by atoms with Crippen LogP contribution in [0.3, 0.4) is 0 Å². The molecule has 1 aromatic carbocycles. The molecule has 0 amide bonds. The molecule has 1 fully saturated rings. The quantitative estimate of drug-likeness (QED) is 0.369. The van der Waals surface area contributed by atoms with Crippen molar-refractivity contribution >= 4 is 29.1 Å². The predicted octanol–water partition coefficient (Wildman–Crippen LogP) is 5.90. The molecule has 4 aromatic rings. The lowest BCUT2D eigenvalue weighted by molar-refractivity contribution is 0.241. The lowest BCUT2D eigenvalue weighted by Gasteiger charge is -2.25. The van der Waals surface area contributed by atoms with Crippen molar-refractivity contribution in [3.05, 3.63) is 102 Å². The lowest BCUT2D eigenvalue weighted by Crippen LogP contribution is -2.28. The standard InChI is InChI=1S/C24H21N3O2S2/c1-16-7-9-18(10-8-16)31-21-12-11-20(29-21)23-22(19-6-2-3-13-25-19)26-24(30)27(23)15-17-5-4-14-28-17/h2-14,22-23H,15H2,1H3,(H,26,30)/t22-,23-/m0/s1. The Balaban J connectivity index is 1.46. The summed E-state index contributed by atoms with van der Waals surface area (Å²) in [6.07, 6.45) is 3.48. The van der Waals surface area contributed by atoms with Gasteiger partial charge in [-0.1, -0.05) is 35.5 Å². The summed E-state index contributed by atoms with van der Waals surface area (Å²) in [6.45, 7) is 2.63. The molecule has 3 aromatic heterocycles. The first kappa shape index (κ1) is 19.9. The normalized spacial score (nSPS) is 18.4. The fourth-order valence-corrected chi connectivity index (χ4v) is 4.81. The van der Waals surface area contributed by atoms with Crippen LogP contribution in [0, 0.1) is 6.92 Å². The van der Waals surface area contributed by atoms with E-state index < -0.39 is 0 Å². The van der Waals surface area contributed by atoms with Gasteiger partial charge in [0.1, 0.15) is 17.6 Å². The zero-order chi connectivity index (χ0) is 21.2. The molecule has 0 spiro atoms. The van der Waals surface area contributed by atoms with Gasteiger partial charge in [0.25, 0.3) is 0 Å². The second-order valence-electron chi connectivity index (χ2n) is 7.41. The van der Waals surface area contributed by atoms with E-state index in [0.717, 1.165) is 27.2 Å². The highest BCUT2D eigenvalue weighted by molar-refractivity contribution is 7.99. The molecular weight excluding hydrogens is 426 g/mol. The van der Waals surface area contributed by atoms with Crippen LogP contribution in [0.4, 0.5) is 0 Å². The van der Waals surface area contributed by atoms with Crippen molar-refractivity contribution in [3.8, 4) is 0 Å². The van der Waals surface area contributed by atoms with Crippen LogP contribution in [0.2, 0.25) is 0 Å². The van der Waals surface area contributed by atoms with E-state index in [0.29, 0.717) is 11.7 Å². The van der Waals surface area contributed by atoms with Gasteiger partial charge in [0, 0.05) is 11.1 Å². The van der Waals surface area contributed by atoms with Gasteiger partial charge in [0.05, 0.1) is 24.5 Å². The molecule has 0 saturated carbocycles. The van der Waals surface area contributed by atoms with Gasteiger partial charge in [0.15, 0.2) is 10.2 Å². The van der Waals surface area contributed by atoms with Crippen LogP contribution in [0.1, 0.15) is 34.9 Å². The molecule has 4 heterocycles. The Morgan fingerprint density at radius 2 is 1.94 bits per heavy atom. The van der Waals surface area contributed by atoms with Crippen LogP contribution in [0.15, 0.2) is 98.0 Å². The van der Waals surface area contributed by atoms with Crippen molar-refractivity contribution in [2.45, 2.75) is 35.5 Å². The Morgan fingerprint density at radius 1 is 1.06 bits per heavy atom. The Morgan fingerprint density at radius 3 is 2.68 bits per heavy atom. The first-order valence-electron chi connectivity index (χ1n) is 10.0. The summed E-state index contributed by atoms with van der Waals surface area (Å²) >= 11 is 7.30. The Hall–Kier alpha value is -3.03. The van der Waals surface area contributed by atoms with Crippen molar-refractivity contribution < 1.29 is 8.83 Å². The maximum absolute atomic E-state index is 6.31. The third-order valence-electron chi connectivity index (χ3n) is 5.24. The van der Waals surface area contributed by atoms with Crippen molar-refractivity contribution in [1.29, 1.82) is 0 Å². The number of hydrogen-bond acceptors (Lipinski definition) is 5. The average molecular weight is 448 g/mol. The number of nitrogens with one attached hydrogen (secondary N) is 1. The van der Waals surface area contributed by atoms with E-state index in [1.54, 1.807) is 24.2 Å². The Bertz CT molecular complexity index is 1160. The second kappa shape index (κ2) is 8.61. The van der Waals surface area contributed by atoms with E-state index in [4.69, 9.17) is 21.1 Å². The molecule has 2 atom stereocenters. The molecule has 5 rings (SSSR count). The van der Waals surface area contributed by atoms with E-state index >= 15 is 0 Å². The van der Waals surface area contributed by atoms with E-state index in [-0.39, 0.29) is 12.1 Å². The van der Waals surface area contributed by atoms with Crippen molar-refractivity contribution in [2.75, 3.05) is 0 Å². The largest absolute Gasteiger partial charge is 0.467 e. The first-order chi connectivity index (χ1) is 15.2. The molecule has 1 saturated heterocycles. The van der Waals surface area contributed by atoms with E-state index in [9.17, 15) is 0 Å². The molecule has 5 nitrogen and oxygen atoms in total. The zero-order valence-corrected chi connectivity index (χ0v) is 18.5. The van der Waals surface area contributed by atoms with Gasteiger partial charge in [-0.15, -0.1) is 0 Å². The highest BCUT2D eigenvalue weighted by Gasteiger charge is 2.42. The minimum Gasteiger partial charge on any atom is -0.467 e. The summed E-state index contributed by atoms with van der Waals surface area (Å²) in [6, 6.07) is 22.0. The third kappa shape index (κ3) is 4.24. The maximum atomic E-state index is 6.31. The number of aryl methyl sites for hydroxylation is 1. The summed E-state index contributed by atoms with van der Waals surface area (Å²) in [5.74, 6) is 1.68. The maximum Gasteiger partial charge on any atom is 0.170 e. The smallest absolute Gasteiger partial charge is 0.170 e. The van der Waals surface area contributed by atoms with Gasteiger partial charge >= 0.3 is 0 Å². The monoisotopic (exact) mass is 447 g/mol. The fourth-order valence-electron chi connectivity index (χ4n) is 3.73. The van der Waals surface area contributed by atoms with Gasteiger partial charge < -0.3 is 19.1 Å². The summed E-state index contributed by atoms with van der Waals surface area (Å²) in [5.41, 5.74) is 2.16. The molecular formula is C24H21N3O2S2. The van der Waals surface area contributed by atoms with Crippen molar-refractivity contribution in [1.82, 2.24) is 15.2 Å². The topological polar surface area (TPSA) is 54.4 Å². The molecule has 156 valence electrons. The van der Waals surface area contributed by atoms with E-state index in [2.05, 4.69) is 46.4 Å². The fraction of sp³-hybridized carbons (Fsp3) is 0.167. The predicted molar refractivity (Wildman–Crippen MR) is 124 cm³/mol. The van der Waals surface area contributed by atoms with Gasteiger partial charge in [-0.3, -0.25) is 4.98 Å². The van der Waals surface area contributed by atoms with Crippen LogP contribution >= 0.6 is 24.0 Å². The number of rotatable bonds is 6. The molecule has 0 radical (unpaired) electrons. The first-order valence-corrected chi connectivity index (χ1v) is 11.2. The van der Waals surface area contributed by atoms with Gasteiger partial charge in [-0.05, 0) is 67.7 Å². The minimum absolute atomic E-state index is 0.118. The molecule has 7 heteroatoms. The Labute approximate surface area is 190 Å². The lowest BCUT2D eigenvalue weighted by atomic mass is 10.0. The van der Waals surface area contributed by atoms with Crippen LogP contribution in [0.5, 0.6) is 0 Å². The molecule has 1 aliphatic rings. The van der Waals surface area contributed by atoms with Crippen LogP contribution in [-0.2, 0) is 6.54 Å². The van der Waals surface area contributed by atoms with Gasteiger partial charge in [-0.25, -0.2) is 0 Å². The second-order valence-corrected chi connectivity index (χ2v) is 8.87. The summed E-state index contributed by atoms with van der Waals surface area (Å²) in [4.78, 5) is 7.81. The summed E-state index contributed by atoms with van der Waals surface area (Å²) < 4.78 is 11.9. The summed E-state index contributed by atoms with van der Waals surface area (Å²) in [7, 11) is 0. The van der Waals surface area contributed by atoms with E-state index in [1.165, 1.54) is 5.56 Å². The zero-order valence-electron chi connectivity index (χ0n) is 16.9. The number of thiocarbonyl (C=S) groups is 1. The number of aromatic nitrogens is 1. The van der Waals surface area contributed by atoms with Gasteiger partial charge in [0.2, 0.25) is 0 Å². The Kier molecular flexibility index (Phi) is 5.53. The molecule has 0 bridgehead atoms. The molecule has 1 aliphatic heterocycles.